The Labute approximate surface area is 254 Å². The second-order valence-corrected chi connectivity index (χ2v) is 10.8. The second kappa shape index (κ2) is 12.1. The molecule has 0 fully saturated rings. The third-order valence-electron chi connectivity index (χ3n) is 8.09. The van der Waals surface area contributed by atoms with Crippen molar-refractivity contribution in [3.63, 3.8) is 0 Å². The number of methoxy groups -OCH3 is 3. The van der Waals surface area contributed by atoms with E-state index in [0.717, 1.165) is 11.1 Å². The van der Waals surface area contributed by atoms with Crippen molar-refractivity contribution in [2.24, 2.45) is 0 Å². The molecule has 1 aliphatic carbocycles. The molecule has 0 radical (unpaired) electrons. The van der Waals surface area contributed by atoms with Gasteiger partial charge in [-0.3, -0.25) is 19.7 Å². The number of Topliss-reactive ketones (excluding diaryl/α,β-unsaturated/α-hetero) is 1. The number of rotatable bonds is 8. The Hall–Kier alpha value is -5.32. The highest BCUT2D eigenvalue weighted by Crippen LogP contribution is 2.49. The predicted molar refractivity (Wildman–Crippen MR) is 163 cm³/mol. The van der Waals surface area contributed by atoms with Crippen LogP contribution in [0, 0.1) is 17.0 Å². The van der Waals surface area contributed by atoms with Crippen molar-refractivity contribution < 1.29 is 33.8 Å². The van der Waals surface area contributed by atoms with Crippen LogP contribution in [0.25, 0.3) is 0 Å². The molecule has 3 N–H and O–H groups in total. The molecular formula is C33H33N3O8. The summed E-state index contributed by atoms with van der Waals surface area (Å²) in [4.78, 5) is 39.1. The molecule has 228 valence electrons. The summed E-state index contributed by atoms with van der Waals surface area (Å²) in [7, 11) is 4.38. The molecule has 2 atom stereocenters. The SMILES string of the molecule is COc1ccc(C2CC(=O)C3=C(C2)NC(C)=C(C(=O)Nc2ccc(C)cc2)C3c2cc(OC)c(O)c([N+](=O)[O-])c2)cc1OC. The van der Waals surface area contributed by atoms with Gasteiger partial charge in [0.2, 0.25) is 5.75 Å². The molecule has 44 heavy (non-hydrogen) atoms. The van der Waals surface area contributed by atoms with Crippen LogP contribution in [0.15, 0.2) is 77.1 Å². The summed E-state index contributed by atoms with van der Waals surface area (Å²) in [5, 5.41) is 28.6. The summed E-state index contributed by atoms with van der Waals surface area (Å²) in [6.45, 7) is 3.67. The van der Waals surface area contributed by atoms with Crippen LogP contribution in [-0.2, 0) is 9.59 Å². The van der Waals surface area contributed by atoms with E-state index in [-0.39, 0.29) is 35.0 Å². The van der Waals surface area contributed by atoms with Crippen LogP contribution in [-0.4, -0.2) is 43.0 Å². The number of allylic oxidation sites excluding steroid dienone is 3. The zero-order valence-electron chi connectivity index (χ0n) is 25.0. The van der Waals surface area contributed by atoms with Crippen LogP contribution in [0.5, 0.6) is 23.0 Å². The maximum atomic E-state index is 14.1. The Morgan fingerprint density at radius 1 is 0.932 bits per heavy atom. The van der Waals surface area contributed by atoms with Crippen molar-refractivity contribution in [3.8, 4) is 23.0 Å². The normalized spacial score (nSPS) is 17.9. The molecule has 3 aromatic carbocycles. The molecule has 2 unspecified atom stereocenters. The number of ether oxygens (including phenoxy) is 3. The zero-order chi connectivity index (χ0) is 31.7. The molecule has 0 spiro atoms. The number of anilines is 1. The van der Waals surface area contributed by atoms with Gasteiger partial charge in [-0.25, -0.2) is 0 Å². The molecule has 2 aliphatic rings. The number of carbonyl (C=O) groups excluding carboxylic acids is 2. The number of aromatic hydroxyl groups is 1. The quantitative estimate of drug-likeness (QED) is 0.221. The van der Waals surface area contributed by atoms with E-state index in [0.29, 0.717) is 40.6 Å². The van der Waals surface area contributed by atoms with Gasteiger partial charge >= 0.3 is 5.69 Å². The summed E-state index contributed by atoms with van der Waals surface area (Å²) in [6.07, 6.45) is 0.574. The van der Waals surface area contributed by atoms with Gasteiger partial charge in [0.1, 0.15) is 0 Å². The Morgan fingerprint density at radius 2 is 1.59 bits per heavy atom. The lowest BCUT2D eigenvalue weighted by molar-refractivity contribution is -0.386. The molecule has 1 aliphatic heterocycles. The van der Waals surface area contributed by atoms with Crippen molar-refractivity contribution in [3.05, 3.63) is 104 Å². The van der Waals surface area contributed by atoms with Crippen LogP contribution >= 0.6 is 0 Å². The summed E-state index contributed by atoms with van der Waals surface area (Å²) < 4.78 is 16.1. The third kappa shape index (κ3) is 5.56. The molecule has 5 rings (SSSR count). The van der Waals surface area contributed by atoms with Crippen LogP contribution in [0.3, 0.4) is 0 Å². The molecule has 1 amide bonds. The largest absolute Gasteiger partial charge is 0.500 e. The number of nitrogens with one attached hydrogen (secondary N) is 2. The van der Waals surface area contributed by atoms with Gasteiger partial charge in [0.25, 0.3) is 5.91 Å². The fourth-order valence-corrected chi connectivity index (χ4v) is 5.93. The predicted octanol–water partition coefficient (Wildman–Crippen LogP) is 5.63. The first-order valence-corrected chi connectivity index (χ1v) is 14.0. The molecular weight excluding hydrogens is 566 g/mol. The number of amides is 1. The van der Waals surface area contributed by atoms with Gasteiger partial charge in [-0.1, -0.05) is 23.8 Å². The molecule has 0 saturated heterocycles. The number of nitro benzene ring substituents is 1. The van der Waals surface area contributed by atoms with Crippen LogP contribution in [0.1, 0.15) is 48.3 Å². The molecule has 11 nitrogen and oxygen atoms in total. The molecule has 0 bridgehead atoms. The van der Waals surface area contributed by atoms with Gasteiger partial charge in [0.05, 0.1) is 26.3 Å². The minimum atomic E-state index is -0.969. The van der Waals surface area contributed by atoms with Gasteiger partial charge in [-0.05, 0) is 67.6 Å². The van der Waals surface area contributed by atoms with E-state index in [2.05, 4.69) is 10.6 Å². The third-order valence-corrected chi connectivity index (χ3v) is 8.09. The maximum Gasteiger partial charge on any atom is 0.314 e. The maximum absolute atomic E-state index is 14.1. The monoisotopic (exact) mass is 599 g/mol. The van der Waals surface area contributed by atoms with Crippen molar-refractivity contribution in [2.45, 2.75) is 38.5 Å². The molecule has 3 aromatic rings. The zero-order valence-corrected chi connectivity index (χ0v) is 25.0. The number of hydrogen-bond acceptors (Lipinski definition) is 9. The van der Waals surface area contributed by atoms with Crippen molar-refractivity contribution in [1.82, 2.24) is 5.32 Å². The topological polar surface area (TPSA) is 149 Å². The first kappa shape index (κ1) is 30.1. The number of aryl methyl sites for hydroxylation is 1. The average Bonchev–Trinajstić information content (AvgIpc) is 3.00. The number of carbonyl (C=O) groups is 2. The lowest BCUT2D eigenvalue weighted by Gasteiger charge is -2.37. The van der Waals surface area contributed by atoms with Gasteiger partial charge in [0, 0.05) is 46.6 Å². The van der Waals surface area contributed by atoms with Gasteiger partial charge in [0.15, 0.2) is 23.0 Å². The fourth-order valence-electron chi connectivity index (χ4n) is 5.93. The molecule has 0 saturated carbocycles. The van der Waals surface area contributed by atoms with Crippen molar-refractivity contribution in [1.29, 1.82) is 0 Å². The van der Waals surface area contributed by atoms with E-state index >= 15 is 0 Å². The average molecular weight is 600 g/mol. The molecule has 11 heteroatoms. The van der Waals surface area contributed by atoms with Crippen LogP contribution in [0.2, 0.25) is 0 Å². The van der Waals surface area contributed by atoms with Gasteiger partial charge in [-0.15, -0.1) is 0 Å². The number of ketones is 1. The highest BCUT2D eigenvalue weighted by atomic mass is 16.6. The van der Waals surface area contributed by atoms with Gasteiger partial charge in [-0.2, -0.15) is 0 Å². The van der Waals surface area contributed by atoms with E-state index in [4.69, 9.17) is 14.2 Å². The summed E-state index contributed by atoms with van der Waals surface area (Å²) >= 11 is 0. The minimum absolute atomic E-state index is 0.135. The Kier molecular flexibility index (Phi) is 8.30. The second-order valence-electron chi connectivity index (χ2n) is 10.8. The molecule has 0 aromatic heterocycles. The minimum Gasteiger partial charge on any atom is -0.500 e. The Balaban J connectivity index is 1.63. The van der Waals surface area contributed by atoms with E-state index in [1.165, 1.54) is 19.2 Å². The Bertz CT molecular complexity index is 1730. The van der Waals surface area contributed by atoms with E-state index in [1.54, 1.807) is 39.3 Å². The van der Waals surface area contributed by atoms with Crippen LogP contribution in [0.4, 0.5) is 11.4 Å². The smallest absolute Gasteiger partial charge is 0.314 e. The number of phenolic OH excluding ortho intramolecular Hbond substituents is 1. The van der Waals surface area contributed by atoms with Gasteiger partial charge < -0.3 is 30.0 Å². The van der Waals surface area contributed by atoms with E-state index < -0.39 is 28.2 Å². The number of nitrogens with zero attached hydrogens (tertiary/aromatic N) is 1. The highest BCUT2D eigenvalue weighted by Gasteiger charge is 2.42. The van der Waals surface area contributed by atoms with E-state index in [1.807, 2.05) is 31.2 Å². The first-order valence-electron chi connectivity index (χ1n) is 14.0. The summed E-state index contributed by atoms with van der Waals surface area (Å²) in [5.41, 5.74) is 3.80. The van der Waals surface area contributed by atoms with Crippen LogP contribution < -0.4 is 24.8 Å². The summed E-state index contributed by atoms with van der Waals surface area (Å²) in [5.74, 6) is -1.53. The number of hydrogen-bond donors (Lipinski definition) is 3. The number of nitro groups is 1. The lowest BCUT2D eigenvalue weighted by Crippen LogP contribution is -2.37. The fraction of sp³-hybridized carbons (Fsp3) is 0.273. The number of phenols is 1. The lowest BCUT2D eigenvalue weighted by atomic mass is 9.71. The molecule has 1 heterocycles. The van der Waals surface area contributed by atoms with Crippen molar-refractivity contribution in [2.75, 3.05) is 26.6 Å². The number of benzene rings is 3. The first-order chi connectivity index (χ1) is 21.1. The highest BCUT2D eigenvalue weighted by molar-refractivity contribution is 6.10. The standard InChI is InChI=1S/C33H33N3O8/c1-17-6-9-22(10-7-17)35-33(39)29-18(2)34-23-12-20(19-8-11-26(42-3)27(15-19)43-4)14-25(37)31(23)30(29)21-13-24(36(40)41)32(38)28(16-21)44-5/h6-11,13,15-16,20,30,34,38H,12,14H2,1-5H3,(H,35,39). The summed E-state index contributed by atoms with van der Waals surface area (Å²) in [6, 6.07) is 15.4. The number of dihydropyridines is 1. The van der Waals surface area contributed by atoms with E-state index in [9.17, 15) is 24.8 Å². The Morgan fingerprint density at radius 3 is 2.23 bits per heavy atom. The van der Waals surface area contributed by atoms with Crippen molar-refractivity contribution >= 4 is 23.1 Å².